The fraction of sp³-hybridized carbons (Fsp3) is 0.625. The Kier molecular flexibility index (Phi) is 7.51. The molecule has 0 heterocycles. The van der Waals surface area contributed by atoms with Gasteiger partial charge in [0, 0.05) is 18.8 Å². The van der Waals surface area contributed by atoms with Crippen LogP contribution in [-0.2, 0) is 6.54 Å². The van der Waals surface area contributed by atoms with Crippen molar-refractivity contribution in [2.24, 2.45) is 0 Å². The Morgan fingerprint density at radius 1 is 1.00 bits per heavy atom. The smallest absolute Gasteiger partial charge is 0.0385 e. The normalized spacial score (nSPS) is 10.9. The van der Waals surface area contributed by atoms with Crippen LogP contribution in [0, 0.1) is 0 Å². The number of nitrogens with one attached hydrogen (secondary N) is 1. The minimum absolute atomic E-state index is 0.999. The molecule has 0 aliphatic carbocycles. The molecular formula is C16H28N2. The highest BCUT2D eigenvalue weighted by Gasteiger charge is 2.01. The summed E-state index contributed by atoms with van der Waals surface area (Å²) >= 11 is 0. The first-order valence-electron chi connectivity index (χ1n) is 7.20. The lowest BCUT2D eigenvalue weighted by Crippen LogP contribution is -2.13. The summed E-state index contributed by atoms with van der Waals surface area (Å²) < 4.78 is 0. The van der Waals surface area contributed by atoms with Gasteiger partial charge >= 0.3 is 0 Å². The van der Waals surface area contributed by atoms with Crippen LogP contribution >= 0.6 is 0 Å². The number of anilines is 1. The highest BCUT2D eigenvalue weighted by Crippen LogP contribution is 2.16. The van der Waals surface area contributed by atoms with Gasteiger partial charge in [0.15, 0.2) is 0 Å². The number of unbranched alkanes of at least 4 members (excludes halogenated alkanes) is 4. The van der Waals surface area contributed by atoms with Crippen molar-refractivity contribution in [1.29, 1.82) is 0 Å². The average molecular weight is 248 g/mol. The van der Waals surface area contributed by atoms with Crippen LogP contribution in [0.3, 0.4) is 0 Å². The molecule has 0 bridgehead atoms. The molecule has 0 aliphatic heterocycles. The number of benzene rings is 1. The van der Waals surface area contributed by atoms with Gasteiger partial charge < -0.3 is 10.2 Å². The van der Waals surface area contributed by atoms with E-state index in [1.807, 2.05) is 0 Å². The molecular weight excluding hydrogens is 220 g/mol. The van der Waals surface area contributed by atoms with E-state index >= 15 is 0 Å². The van der Waals surface area contributed by atoms with Gasteiger partial charge in [-0.2, -0.15) is 0 Å². The van der Waals surface area contributed by atoms with Crippen molar-refractivity contribution in [2.45, 2.75) is 45.6 Å². The van der Waals surface area contributed by atoms with E-state index in [0.29, 0.717) is 0 Å². The summed E-state index contributed by atoms with van der Waals surface area (Å²) in [6.07, 6.45) is 6.68. The Morgan fingerprint density at radius 2 is 1.72 bits per heavy atom. The van der Waals surface area contributed by atoms with Crippen LogP contribution in [0.1, 0.15) is 44.6 Å². The third-order valence-corrected chi connectivity index (χ3v) is 3.10. The average Bonchev–Trinajstić information content (AvgIpc) is 2.35. The van der Waals surface area contributed by atoms with E-state index in [2.05, 4.69) is 55.5 Å². The Balaban J connectivity index is 2.32. The van der Waals surface area contributed by atoms with E-state index in [0.717, 1.165) is 13.1 Å². The number of nitrogens with zero attached hydrogens (tertiary/aromatic N) is 1. The molecule has 18 heavy (non-hydrogen) atoms. The monoisotopic (exact) mass is 248 g/mol. The molecule has 0 atom stereocenters. The first-order valence-corrected chi connectivity index (χ1v) is 7.20. The van der Waals surface area contributed by atoms with Gasteiger partial charge in [-0.05, 0) is 32.1 Å². The lowest BCUT2D eigenvalue weighted by molar-refractivity contribution is 0.403. The topological polar surface area (TPSA) is 15.3 Å². The second kappa shape index (κ2) is 8.98. The van der Waals surface area contributed by atoms with E-state index in [1.54, 1.807) is 0 Å². The van der Waals surface area contributed by atoms with E-state index in [4.69, 9.17) is 0 Å². The van der Waals surface area contributed by atoms with Crippen molar-refractivity contribution in [3.8, 4) is 0 Å². The minimum atomic E-state index is 0.999. The molecule has 0 unspecified atom stereocenters. The van der Waals surface area contributed by atoms with Gasteiger partial charge in [-0.15, -0.1) is 0 Å². The van der Waals surface area contributed by atoms with Crippen LogP contribution in [0.4, 0.5) is 5.69 Å². The third kappa shape index (κ3) is 6.06. The molecule has 0 aliphatic rings. The zero-order valence-corrected chi connectivity index (χ0v) is 12.2. The maximum Gasteiger partial charge on any atom is 0.0385 e. The Hall–Kier alpha value is -1.02. The molecule has 1 N–H and O–H groups in total. The number of hydrogen-bond acceptors (Lipinski definition) is 2. The third-order valence-electron chi connectivity index (χ3n) is 3.10. The summed E-state index contributed by atoms with van der Waals surface area (Å²) in [6, 6.07) is 8.62. The standard InChI is InChI=1S/C16H28N2/c1-4-5-6-7-10-13-17-16-12-9-8-11-15(16)14-18(2)3/h8-9,11-12,17H,4-7,10,13-14H2,1-3H3. The number of rotatable bonds is 9. The van der Waals surface area contributed by atoms with Crippen LogP contribution < -0.4 is 5.32 Å². The quantitative estimate of drug-likeness (QED) is 0.661. The summed E-state index contributed by atoms with van der Waals surface area (Å²) in [4.78, 5) is 2.21. The maximum absolute atomic E-state index is 3.57. The minimum Gasteiger partial charge on any atom is -0.385 e. The van der Waals surface area contributed by atoms with Crippen LogP contribution in [0.15, 0.2) is 24.3 Å². The second-order valence-corrected chi connectivity index (χ2v) is 5.24. The molecule has 1 aromatic carbocycles. The highest BCUT2D eigenvalue weighted by atomic mass is 15.1. The zero-order valence-electron chi connectivity index (χ0n) is 12.2. The van der Waals surface area contributed by atoms with Gasteiger partial charge in [-0.3, -0.25) is 0 Å². The molecule has 0 fully saturated rings. The van der Waals surface area contributed by atoms with Gasteiger partial charge in [-0.1, -0.05) is 50.8 Å². The fourth-order valence-electron chi connectivity index (χ4n) is 2.12. The molecule has 1 aromatic rings. The first-order chi connectivity index (χ1) is 8.74. The van der Waals surface area contributed by atoms with E-state index in [9.17, 15) is 0 Å². The Morgan fingerprint density at radius 3 is 2.44 bits per heavy atom. The van der Waals surface area contributed by atoms with Gasteiger partial charge in [0.2, 0.25) is 0 Å². The van der Waals surface area contributed by atoms with Crippen molar-refractivity contribution in [3.63, 3.8) is 0 Å². The summed E-state index contributed by atoms with van der Waals surface area (Å²) in [7, 11) is 4.23. The summed E-state index contributed by atoms with van der Waals surface area (Å²) in [5.74, 6) is 0. The molecule has 0 radical (unpaired) electrons. The lowest BCUT2D eigenvalue weighted by Gasteiger charge is -2.15. The van der Waals surface area contributed by atoms with Crippen LogP contribution in [0.25, 0.3) is 0 Å². The van der Waals surface area contributed by atoms with Crippen molar-refractivity contribution in [1.82, 2.24) is 4.90 Å². The molecule has 1 rings (SSSR count). The van der Waals surface area contributed by atoms with Crippen molar-refractivity contribution < 1.29 is 0 Å². The lowest BCUT2D eigenvalue weighted by atomic mass is 10.1. The van der Waals surface area contributed by atoms with Gasteiger partial charge in [0.25, 0.3) is 0 Å². The maximum atomic E-state index is 3.57. The summed E-state index contributed by atoms with van der Waals surface area (Å²) in [5, 5.41) is 3.57. The zero-order chi connectivity index (χ0) is 13.2. The molecule has 102 valence electrons. The van der Waals surface area contributed by atoms with E-state index in [1.165, 1.54) is 43.4 Å². The highest BCUT2D eigenvalue weighted by molar-refractivity contribution is 5.50. The second-order valence-electron chi connectivity index (χ2n) is 5.24. The van der Waals surface area contributed by atoms with Crippen LogP contribution in [-0.4, -0.2) is 25.5 Å². The van der Waals surface area contributed by atoms with Crippen molar-refractivity contribution in [2.75, 3.05) is 26.0 Å². The summed E-state index contributed by atoms with van der Waals surface area (Å²) in [5.41, 5.74) is 2.68. The predicted molar refractivity (Wildman–Crippen MR) is 81.1 cm³/mol. The largest absolute Gasteiger partial charge is 0.385 e. The van der Waals surface area contributed by atoms with Gasteiger partial charge in [-0.25, -0.2) is 0 Å². The van der Waals surface area contributed by atoms with Crippen molar-refractivity contribution >= 4 is 5.69 Å². The van der Waals surface area contributed by atoms with E-state index < -0.39 is 0 Å². The van der Waals surface area contributed by atoms with Crippen LogP contribution in [0.5, 0.6) is 0 Å². The molecule has 0 saturated carbocycles. The molecule has 0 amide bonds. The SMILES string of the molecule is CCCCCCCNc1ccccc1CN(C)C. The molecule has 2 nitrogen and oxygen atoms in total. The number of hydrogen-bond donors (Lipinski definition) is 1. The van der Waals surface area contributed by atoms with Gasteiger partial charge in [0.1, 0.15) is 0 Å². The first kappa shape index (κ1) is 15.0. The summed E-state index contributed by atoms with van der Waals surface area (Å²) in [6.45, 7) is 4.35. The molecule has 0 saturated heterocycles. The predicted octanol–water partition coefficient (Wildman–Crippen LogP) is 4.13. The number of para-hydroxylation sites is 1. The molecule has 2 heteroatoms. The van der Waals surface area contributed by atoms with E-state index in [-0.39, 0.29) is 0 Å². The Labute approximate surface area is 112 Å². The van der Waals surface area contributed by atoms with Gasteiger partial charge in [0.05, 0.1) is 0 Å². The van der Waals surface area contributed by atoms with Crippen LogP contribution in [0.2, 0.25) is 0 Å². The van der Waals surface area contributed by atoms with Crippen molar-refractivity contribution in [3.05, 3.63) is 29.8 Å². The fourth-order valence-corrected chi connectivity index (χ4v) is 2.12. The molecule has 0 aromatic heterocycles. The molecule has 0 spiro atoms. The Bertz CT molecular complexity index is 321.